The van der Waals surface area contributed by atoms with Crippen molar-refractivity contribution in [2.75, 3.05) is 39.5 Å². The molecule has 2 amide bonds. The third kappa shape index (κ3) is 4.83. The molecule has 2 aromatic carbocycles. The summed E-state index contributed by atoms with van der Waals surface area (Å²) in [7, 11) is 0. The number of hydrogen-bond donors (Lipinski definition) is 0. The highest BCUT2D eigenvalue weighted by Gasteiger charge is 2.36. The average molecular weight is 463 g/mol. The van der Waals surface area contributed by atoms with E-state index in [1.165, 1.54) is 11.1 Å². The van der Waals surface area contributed by atoms with Gasteiger partial charge in [-0.3, -0.25) is 9.59 Å². The second-order valence-corrected chi connectivity index (χ2v) is 9.72. The molecule has 34 heavy (non-hydrogen) atoms. The summed E-state index contributed by atoms with van der Waals surface area (Å²) in [6, 6.07) is 14.5. The van der Waals surface area contributed by atoms with Gasteiger partial charge >= 0.3 is 0 Å². The lowest BCUT2D eigenvalue weighted by Gasteiger charge is -2.39. The van der Waals surface area contributed by atoms with Gasteiger partial charge in [0.2, 0.25) is 5.91 Å². The lowest BCUT2D eigenvalue weighted by Crippen LogP contribution is -2.43. The maximum absolute atomic E-state index is 13.6. The van der Waals surface area contributed by atoms with Crippen LogP contribution in [0.5, 0.6) is 5.75 Å². The number of nitrogens with zero attached hydrogens (tertiary/aromatic N) is 2. The molecule has 0 bridgehead atoms. The molecule has 1 saturated carbocycles. The molecule has 1 aliphatic carbocycles. The van der Waals surface area contributed by atoms with Crippen molar-refractivity contribution in [3.8, 4) is 5.75 Å². The van der Waals surface area contributed by atoms with Gasteiger partial charge in [0, 0.05) is 25.6 Å². The first-order valence-corrected chi connectivity index (χ1v) is 12.6. The number of rotatable bonds is 5. The van der Waals surface area contributed by atoms with Gasteiger partial charge in [-0.25, -0.2) is 0 Å². The SMILES string of the molecule is Cc1ccc(C2c3cc(OCC(=O)N4CCOCC4)ccc3CCN2C(=O)C2CCCC2)cc1. The van der Waals surface area contributed by atoms with Crippen LogP contribution in [0.3, 0.4) is 0 Å². The van der Waals surface area contributed by atoms with Gasteiger partial charge in [0.1, 0.15) is 5.75 Å². The Morgan fingerprint density at radius 1 is 1.00 bits per heavy atom. The first-order valence-electron chi connectivity index (χ1n) is 12.6. The number of amides is 2. The van der Waals surface area contributed by atoms with E-state index >= 15 is 0 Å². The maximum atomic E-state index is 13.6. The molecule has 6 heteroatoms. The number of carbonyl (C=O) groups excluding carboxylic acids is 2. The number of aryl methyl sites for hydroxylation is 1. The quantitative estimate of drug-likeness (QED) is 0.676. The molecule has 1 atom stereocenters. The zero-order chi connectivity index (χ0) is 23.5. The Hall–Kier alpha value is -2.86. The van der Waals surface area contributed by atoms with Gasteiger partial charge in [-0.2, -0.15) is 0 Å². The van der Waals surface area contributed by atoms with Crippen molar-refractivity contribution in [1.29, 1.82) is 0 Å². The molecule has 2 heterocycles. The molecule has 0 aromatic heterocycles. The van der Waals surface area contributed by atoms with Gasteiger partial charge in [-0.15, -0.1) is 0 Å². The van der Waals surface area contributed by atoms with E-state index in [0.717, 1.165) is 49.8 Å². The molecule has 0 N–H and O–H groups in total. The van der Waals surface area contributed by atoms with Crippen molar-refractivity contribution in [1.82, 2.24) is 9.80 Å². The summed E-state index contributed by atoms with van der Waals surface area (Å²) in [5.41, 5.74) is 4.68. The molecule has 5 rings (SSSR count). The van der Waals surface area contributed by atoms with Crippen LogP contribution >= 0.6 is 0 Å². The predicted octanol–water partition coefficient (Wildman–Crippen LogP) is 3.90. The fraction of sp³-hybridized carbons (Fsp3) is 0.500. The molecule has 3 aliphatic rings. The fourth-order valence-corrected chi connectivity index (χ4v) is 5.48. The van der Waals surface area contributed by atoms with E-state index in [-0.39, 0.29) is 30.4 Å². The van der Waals surface area contributed by atoms with Crippen LogP contribution in [0.15, 0.2) is 42.5 Å². The van der Waals surface area contributed by atoms with Crippen LogP contribution in [0.25, 0.3) is 0 Å². The summed E-state index contributed by atoms with van der Waals surface area (Å²) in [6.07, 6.45) is 5.12. The number of benzene rings is 2. The van der Waals surface area contributed by atoms with Crippen molar-refractivity contribution >= 4 is 11.8 Å². The van der Waals surface area contributed by atoms with E-state index in [2.05, 4.69) is 42.2 Å². The molecule has 180 valence electrons. The molecule has 0 radical (unpaired) electrons. The minimum Gasteiger partial charge on any atom is -0.484 e. The molecular formula is C28H34N2O4. The van der Waals surface area contributed by atoms with E-state index in [9.17, 15) is 9.59 Å². The van der Waals surface area contributed by atoms with Crippen LogP contribution in [0.4, 0.5) is 0 Å². The Bertz CT molecular complexity index is 1020. The predicted molar refractivity (Wildman–Crippen MR) is 130 cm³/mol. The zero-order valence-electron chi connectivity index (χ0n) is 20.0. The molecule has 6 nitrogen and oxygen atoms in total. The molecular weight excluding hydrogens is 428 g/mol. The fourth-order valence-electron chi connectivity index (χ4n) is 5.48. The number of fused-ring (bicyclic) bond motifs is 1. The van der Waals surface area contributed by atoms with Crippen molar-refractivity contribution in [2.45, 2.75) is 45.1 Å². The largest absolute Gasteiger partial charge is 0.484 e. The Kier molecular flexibility index (Phi) is 6.86. The zero-order valence-corrected chi connectivity index (χ0v) is 20.0. The molecule has 2 fully saturated rings. The van der Waals surface area contributed by atoms with Gasteiger partial charge in [0.15, 0.2) is 6.61 Å². The topological polar surface area (TPSA) is 59.1 Å². The molecule has 1 saturated heterocycles. The summed E-state index contributed by atoms with van der Waals surface area (Å²) in [4.78, 5) is 30.0. The minimum atomic E-state index is -0.129. The number of ether oxygens (including phenoxy) is 2. The number of carbonyl (C=O) groups is 2. The summed E-state index contributed by atoms with van der Waals surface area (Å²) < 4.78 is 11.3. The minimum absolute atomic E-state index is 0.0126. The lowest BCUT2D eigenvalue weighted by atomic mass is 9.86. The monoisotopic (exact) mass is 462 g/mol. The second kappa shape index (κ2) is 10.2. The standard InChI is InChI=1S/C28H34N2O4/c1-20-6-8-22(9-7-20)27-25-18-24(34-19-26(31)29-14-16-33-17-15-29)11-10-21(25)12-13-30(27)28(32)23-4-2-3-5-23/h6-11,18,23,27H,2-5,12-17,19H2,1H3. The summed E-state index contributed by atoms with van der Waals surface area (Å²) >= 11 is 0. The average Bonchev–Trinajstić information content (AvgIpc) is 3.42. The van der Waals surface area contributed by atoms with Crippen LogP contribution in [-0.4, -0.2) is 61.1 Å². The molecule has 1 unspecified atom stereocenters. The van der Waals surface area contributed by atoms with E-state index in [1.54, 1.807) is 4.90 Å². The van der Waals surface area contributed by atoms with Crippen LogP contribution in [0, 0.1) is 12.8 Å². The van der Waals surface area contributed by atoms with E-state index in [4.69, 9.17) is 9.47 Å². The molecule has 2 aliphatic heterocycles. The second-order valence-electron chi connectivity index (χ2n) is 9.72. The van der Waals surface area contributed by atoms with Crippen molar-refractivity contribution in [2.24, 2.45) is 5.92 Å². The summed E-state index contributed by atoms with van der Waals surface area (Å²) in [5, 5.41) is 0. The Balaban J connectivity index is 1.41. The maximum Gasteiger partial charge on any atom is 0.260 e. The molecule has 0 spiro atoms. The van der Waals surface area contributed by atoms with Gasteiger partial charge in [-0.05, 0) is 55.0 Å². The summed E-state index contributed by atoms with van der Waals surface area (Å²) in [6.45, 7) is 5.20. The van der Waals surface area contributed by atoms with Crippen molar-refractivity contribution in [3.05, 3.63) is 64.7 Å². The first-order chi connectivity index (χ1) is 16.6. The Morgan fingerprint density at radius 3 is 2.47 bits per heavy atom. The lowest BCUT2D eigenvalue weighted by molar-refractivity contribution is -0.138. The first kappa shape index (κ1) is 22.9. The van der Waals surface area contributed by atoms with Gasteiger partial charge in [-0.1, -0.05) is 48.7 Å². The van der Waals surface area contributed by atoms with E-state index in [0.29, 0.717) is 32.1 Å². The third-order valence-corrected chi connectivity index (χ3v) is 7.45. The van der Waals surface area contributed by atoms with Gasteiger partial charge in [0.25, 0.3) is 5.91 Å². The van der Waals surface area contributed by atoms with Crippen LogP contribution in [0.1, 0.15) is 54.0 Å². The highest BCUT2D eigenvalue weighted by molar-refractivity contribution is 5.81. The number of hydrogen-bond acceptors (Lipinski definition) is 4. The normalized spacial score (nSPS) is 20.8. The van der Waals surface area contributed by atoms with Crippen molar-refractivity contribution < 1.29 is 19.1 Å². The van der Waals surface area contributed by atoms with Gasteiger partial charge in [0.05, 0.1) is 19.3 Å². The highest BCUT2D eigenvalue weighted by atomic mass is 16.5. The highest BCUT2D eigenvalue weighted by Crippen LogP contribution is 2.39. The number of morpholine rings is 1. The van der Waals surface area contributed by atoms with Crippen LogP contribution in [-0.2, 0) is 20.7 Å². The Morgan fingerprint density at radius 2 is 1.74 bits per heavy atom. The van der Waals surface area contributed by atoms with Crippen LogP contribution < -0.4 is 4.74 Å². The Labute approximate surface area is 201 Å². The van der Waals surface area contributed by atoms with Gasteiger partial charge < -0.3 is 19.3 Å². The molecule has 2 aromatic rings. The summed E-state index contributed by atoms with van der Waals surface area (Å²) in [5.74, 6) is 1.07. The third-order valence-electron chi connectivity index (χ3n) is 7.45. The smallest absolute Gasteiger partial charge is 0.260 e. The van der Waals surface area contributed by atoms with E-state index in [1.807, 2.05) is 12.1 Å². The van der Waals surface area contributed by atoms with Crippen molar-refractivity contribution in [3.63, 3.8) is 0 Å². The van der Waals surface area contributed by atoms with E-state index < -0.39 is 0 Å². The van der Waals surface area contributed by atoms with Crippen LogP contribution in [0.2, 0.25) is 0 Å².